The van der Waals surface area contributed by atoms with Crippen molar-refractivity contribution in [2.24, 2.45) is 5.92 Å². The zero-order valence-corrected chi connectivity index (χ0v) is 10.6. The van der Waals surface area contributed by atoms with Crippen LogP contribution in [0.15, 0.2) is 12.3 Å². The third kappa shape index (κ3) is 3.08. The maximum absolute atomic E-state index is 5.83. The number of hydrogen-bond acceptors (Lipinski definition) is 3. The fraction of sp³-hybridized carbons (Fsp3) is 0.667. The lowest BCUT2D eigenvalue weighted by Crippen LogP contribution is -2.28. The Morgan fingerprint density at radius 2 is 2.25 bits per heavy atom. The van der Waals surface area contributed by atoms with Gasteiger partial charge >= 0.3 is 0 Å². The van der Waals surface area contributed by atoms with Crippen LogP contribution in [0, 0.1) is 5.92 Å². The molecule has 3 nitrogen and oxygen atoms in total. The monoisotopic (exact) mass is 239 g/mol. The number of halogens is 1. The van der Waals surface area contributed by atoms with Crippen LogP contribution >= 0.6 is 11.6 Å². The lowest BCUT2D eigenvalue weighted by atomic mass is 10.1. The van der Waals surface area contributed by atoms with Gasteiger partial charge in [0.05, 0.1) is 0 Å². The molecule has 0 aromatic carbocycles. The van der Waals surface area contributed by atoms with Gasteiger partial charge in [-0.25, -0.2) is 9.97 Å². The maximum Gasteiger partial charge on any atom is 0.224 e. The lowest BCUT2D eigenvalue weighted by Gasteiger charge is -2.24. The molecule has 0 radical (unpaired) electrons. The van der Waals surface area contributed by atoms with E-state index in [-0.39, 0.29) is 0 Å². The highest BCUT2D eigenvalue weighted by Crippen LogP contribution is 2.31. The van der Waals surface area contributed by atoms with Crippen molar-refractivity contribution in [3.63, 3.8) is 0 Å². The summed E-state index contributed by atoms with van der Waals surface area (Å²) in [6.45, 7) is 5.56. The smallest absolute Gasteiger partial charge is 0.224 e. The van der Waals surface area contributed by atoms with Crippen LogP contribution in [0.25, 0.3) is 0 Å². The minimum atomic E-state index is 0.340. The molecule has 2 rings (SSSR count). The summed E-state index contributed by atoms with van der Waals surface area (Å²) >= 11 is 5.83. The van der Waals surface area contributed by atoms with E-state index in [0.29, 0.717) is 11.3 Å². The Hall–Kier alpha value is -0.830. The Labute approximate surface area is 102 Å². The Bertz CT molecular complexity index is 350. The van der Waals surface area contributed by atoms with E-state index < -0.39 is 0 Å². The first kappa shape index (κ1) is 11.6. The molecule has 1 aliphatic rings. The quantitative estimate of drug-likeness (QED) is 0.740. The normalized spacial score (nSPS) is 15.5. The summed E-state index contributed by atoms with van der Waals surface area (Å²) < 4.78 is 0. The first-order valence-corrected chi connectivity index (χ1v) is 6.30. The molecular weight excluding hydrogens is 222 g/mol. The SMILES string of the molecule is CC(C)CCN(c1ccnc(Cl)n1)C1CC1. The van der Waals surface area contributed by atoms with Crippen LogP contribution in [0.5, 0.6) is 0 Å². The molecule has 0 spiro atoms. The number of rotatable bonds is 5. The van der Waals surface area contributed by atoms with Gasteiger partial charge in [-0.15, -0.1) is 0 Å². The average Bonchev–Trinajstić information content (AvgIpc) is 3.02. The fourth-order valence-corrected chi connectivity index (χ4v) is 1.90. The summed E-state index contributed by atoms with van der Waals surface area (Å²) in [7, 11) is 0. The molecule has 1 fully saturated rings. The molecule has 0 N–H and O–H groups in total. The van der Waals surface area contributed by atoms with Crippen molar-refractivity contribution in [1.29, 1.82) is 0 Å². The van der Waals surface area contributed by atoms with Gasteiger partial charge in [0.25, 0.3) is 0 Å². The van der Waals surface area contributed by atoms with Gasteiger partial charge in [0, 0.05) is 18.8 Å². The van der Waals surface area contributed by atoms with Crippen molar-refractivity contribution >= 4 is 17.4 Å². The van der Waals surface area contributed by atoms with E-state index in [4.69, 9.17) is 11.6 Å². The Morgan fingerprint density at radius 1 is 1.50 bits per heavy atom. The number of aromatic nitrogens is 2. The van der Waals surface area contributed by atoms with Crippen LogP contribution < -0.4 is 4.90 Å². The molecule has 0 unspecified atom stereocenters. The fourth-order valence-electron chi connectivity index (χ4n) is 1.75. The molecule has 16 heavy (non-hydrogen) atoms. The van der Waals surface area contributed by atoms with Crippen LogP contribution in [0.3, 0.4) is 0 Å². The molecule has 0 amide bonds. The van der Waals surface area contributed by atoms with E-state index in [9.17, 15) is 0 Å². The van der Waals surface area contributed by atoms with Crippen molar-refractivity contribution in [2.45, 2.75) is 39.2 Å². The van der Waals surface area contributed by atoms with E-state index in [0.717, 1.165) is 18.3 Å². The third-order valence-corrected chi connectivity index (χ3v) is 3.02. The Kier molecular flexibility index (Phi) is 3.64. The summed E-state index contributed by atoms with van der Waals surface area (Å²) in [6, 6.07) is 2.62. The highest BCUT2D eigenvalue weighted by atomic mass is 35.5. The second kappa shape index (κ2) is 5.00. The van der Waals surface area contributed by atoms with Crippen molar-refractivity contribution in [1.82, 2.24) is 9.97 Å². The number of hydrogen-bond donors (Lipinski definition) is 0. The molecule has 1 saturated carbocycles. The van der Waals surface area contributed by atoms with Gasteiger partial charge in [0.1, 0.15) is 5.82 Å². The van der Waals surface area contributed by atoms with Gasteiger partial charge in [0.15, 0.2) is 0 Å². The molecule has 1 aromatic heterocycles. The average molecular weight is 240 g/mol. The number of nitrogens with zero attached hydrogens (tertiary/aromatic N) is 3. The van der Waals surface area contributed by atoms with Crippen LogP contribution in [0.2, 0.25) is 5.28 Å². The highest BCUT2D eigenvalue weighted by molar-refractivity contribution is 6.28. The van der Waals surface area contributed by atoms with Gasteiger partial charge in [-0.3, -0.25) is 0 Å². The second-order valence-electron chi connectivity index (χ2n) is 4.79. The van der Waals surface area contributed by atoms with Gasteiger partial charge in [-0.05, 0) is 42.8 Å². The molecule has 88 valence electrons. The number of anilines is 1. The van der Waals surface area contributed by atoms with E-state index in [2.05, 4.69) is 28.7 Å². The van der Waals surface area contributed by atoms with Crippen LogP contribution in [0.4, 0.5) is 5.82 Å². The summed E-state index contributed by atoms with van der Waals surface area (Å²) in [5.74, 6) is 1.70. The Balaban J connectivity index is 2.06. The largest absolute Gasteiger partial charge is 0.353 e. The van der Waals surface area contributed by atoms with Crippen molar-refractivity contribution in [3.8, 4) is 0 Å². The van der Waals surface area contributed by atoms with Crippen LogP contribution in [0.1, 0.15) is 33.1 Å². The van der Waals surface area contributed by atoms with Crippen LogP contribution in [-0.2, 0) is 0 Å². The molecular formula is C12H18ClN3. The summed E-state index contributed by atoms with van der Waals surface area (Å²) in [5.41, 5.74) is 0. The third-order valence-electron chi connectivity index (χ3n) is 2.84. The van der Waals surface area contributed by atoms with Crippen molar-refractivity contribution in [3.05, 3.63) is 17.5 Å². The predicted molar refractivity (Wildman–Crippen MR) is 66.9 cm³/mol. The maximum atomic E-state index is 5.83. The Morgan fingerprint density at radius 3 is 2.81 bits per heavy atom. The molecule has 1 aliphatic carbocycles. The molecule has 1 heterocycles. The van der Waals surface area contributed by atoms with E-state index in [1.807, 2.05) is 6.07 Å². The summed E-state index contributed by atoms with van der Waals surface area (Å²) in [6.07, 6.45) is 5.48. The van der Waals surface area contributed by atoms with Gasteiger partial charge in [-0.2, -0.15) is 0 Å². The van der Waals surface area contributed by atoms with Crippen molar-refractivity contribution in [2.75, 3.05) is 11.4 Å². The zero-order valence-electron chi connectivity index (χ0n) is 9.86. The standard InChI is InChI=1S/C12H18ClN3/c1-9(2)6-8-16(10-3-4-10)11-5-7-14-12(13)15-11/h5,7,9-10H,3-4,6,8H2,1-2H3. The first-order chi connectivity index (χ1) is 7.66. The van der Waals surface area contributed by atoms with Gasteiger partial charge in [-0.1, -0.05) is 13.8 Å². The molecule has 0 bridgehead atoms. The van der Waals surface area contributed by atoms with E-state index >= 15 is 0 Å². The van der Waals surface area contributed by atoms with Crippen LogP contribution in [-0.4, -0.2) is 22.6 Å². The van der Waals surface area contributed by atoms with E-state index in [1.54, 1.807) is 6.20 Å². The van der Waals surface area contributed by atoms with Gasteiger partial charge < -0.3 is 4.90 Å². The minimum Gasteiger partial charge on any atom is -0.353 e. The van der Waals surface area contributed by atoms with E-state index in [1.165, 1.54) is 19.3 Å². The summed E-state index contributed by atoms with van der Waals surface area (Å²) in [5, 5.41) is 0.340. The van der Waals surface area contributed by atoms with Gasteiger partial charge in [0.2, 0.25) is 5.28 Å². The zero-order chi connectivity index (χ0) is 11.5. The van der Waals surface area contributed by atoms with Crippen molar-refractivity contribution < 1.29 is 0 Å². The highest BCUT2D eigenvalue weighted by Gasteiger charge is 2.29. The molecule has 0 saturated heterocycles. The lowest BCUT2D eigenvalue weighted by molar-refractivity contribution is 0.568. The topological polar surface area (TPSA) is 29.0 Å². The second-order valence-corrected chi connectivity index (χ2v) is 5.13. The first-order valence-electron chi connectivity index (χ1n) is 5.92. The minimum absolute atomic E-state index is 0.340. The molecule has 1 aromatic rings. The summed E-state index contributed by atoms with van der Waals surface area (Å²) in [4.78, 5) is 10.6. The molecule has 4 heteroatoms. The molecule has 0 atom stereocenters. The molecule has 0 aliphatic heterocycles. The predicted octanol–water partition coefficient (Wildman–Crippen LogP) is 3.14.